The highest BCUT2D eigenvalue weighted by atomic mass is 19.4. The van der Waals surface area contributed by atoms with Crippen LogP contribution in [0.15, 0.2) is 47.0 Å². The molecule has 24 heavy (non-hydrogen) atoms. The van der Waals surface area contributed by atoms with Gasteiger partial charge in [0, 0.05) is 11.1 Å². The van der Waals surface area contributed by atoms with Crippen LogP contribution in [-0.2, 0) is 0 Å². The molecule has 0 saturated heterocycles. The van der Waals surface area contributed by atoms with Gasteiger partial charge in [-0.1, -0.05) is 5.16 Å². The van der Waals surface area contributed by atoms with E-state index in [4.69, 9.17) is 10.3 Å². The van der Waals surface area contributed by atoms with Gasteiger partial charge < -0.3 is 15.0 Å². The molecule has 1 heterocycles. The van der Waals surface area contributed by atoms with Gasteiger partial charge in [-0.2, -0.15) is 4.98 Å². The molecule has 2 aromatic carbocycles. The Morgan fingerprint density at radius 3 is 2.29 bits per heavy atom. The summed E-state index contributed by atoms with van der Waals surface area (Å²) in [5.41, 5.74) is 6.12. The number of hydrogen-bond acceptors (Lipinski definition) is 5. The highest BCUT2D eigenvalue weighted by Crippen LogP contribution is 2.27. The Bertz CT molecular complexity index is 860. The van der Waals surface area contributed by atoms with E-state index >= 15 is 0 Å². The van der Waals surface area contributed by atoms with E-state index in [0.717, 1.165) is 18.2 Å². The van der Waals surface area contributed by atoms with Gasteiger partial charge in [0.1, 0.15) is 11.6 Å². The van der Waals surface area contributed by atoms with Gasteiger partial charge in [-0.3, -0.25) is 0 Å². The minimum Gasteiger partial charge on any atom is -0.406 e. The molecule has 0 aliphatic carbocycles. The molecule has 1 aromatic heterocycles. The van der Waals surface area contributed by atoms with Crippen LogP contribution in [0.3, 0.4) is 0 Å². The third-order valence-electron chi connectivity index (χ3n) is 3.02. The molecule has 0 fully saturated rings. The van der Waals surface area contributed by atoms with Gasteiger partial charge in [0.2, 0.25) is 5.82 Å². The van der Waals surface area contributed by atoms with Crippen molar-refractivity contribution in [3.8, 4) is 28.6 Å². The Balaban J connectivity index is 1.84. The fourth-order valence-electron chi connectivity index (χ4n) is 1.92. The maximum absolute atomic E-state index is 13.5. The quantitative estimate of drug-likeness (QED) is 0.576. The summed E-state index contributed by atoms with van der Waals surface area (Å²) in [6, 6.07) is 8.95. The van der Waals surface area contributed by atoms with Crippen molar-refractivity contribution in [3.63, 3.8) is 0 Å². The summed E-state index contributed by atoms with van der Waals surface area (Å²) in [6.07, 6.45) is -4.77. The van der Waals surface area contributed by atoms with Gasteiger partial charge in [0.15, 0.2) is 0 Å². The molecule has 2 N–H and O–H groups in total. The smallest absolute Gasteiger partial charge is 0.406 e. The van der Waals surface area contributed by atoms with Crippen LogP contribution in [-0.4, -0.2) is 16.5 Å². The molecule has 0 radical (unpaired) electrons. The second kappa shape index (κ2) is 5.84. The minimum atomic E-state index is -4.77. The predicted octanol–water partition coefficient (Wildman–Crippen LogP) is 4.02. The lowest BCUT2D eigenvalue weighted by molar-refractivity contribution is -0.274. The minimum absolute atomic E-state index is 0.0114. The number of halogens is 4. The topological polar surface area (TPSA) is 74.2 Å². The summed E-state index contributed by atoms with van der Waals surface area (Å²) in [5, 5.41) is 3.71. The lowest BCUT2D eigenvalue weighted by atomic mass is 10.2. The second-order valence-electron chi connectivity index (χ2n) is 4.73. The Morgan fingerprint density at radius 1 is 1.00 bits per heavy atom. The van der Waals surface area contributed by atoms with E-state index in [0.29, 0.717) is 11.1 Å². The van der Waals surface area contributed by atoms with Crippen LogP contribution in [0.5, 0.6) is 5.75 Å². The lowest BCUT2D eigenvalue weighted by Gasteiger charge is -2.08. The first-order chi connectivity index (χ1) is 11.3. The van der Waals surface area contributed by atoms with Crippen LogP contribution in [0.1, 0.15) is 0 Å². The number of ether oxygens (including phenoxy) is 1. The second-order valence-corrected chi connectivity index (χ2v) is 4.73. The normalized spacial score (nSPS) is 11.5. The highest BCUT2D eigenvalue weighted by Gasteiger charge is 2.31. The Morgan fingerprint density at radius 2 is 1.67 bits per heavy atom. The molecule has 0 spiro atoms. The van der Waals surface area contributed by atoms with Gasteiger partial charge in [0.25, 0.3) is 5.89 Å². The van der Waals surface area contributed by atoms with Crippen molar-refractivity contribution in [3.05, 3.63) is 48.3 Å². The molecule has 0 atom stereocenters. The molecular weight excluding hydrogens is 330 g/mol. The van der Waals surface area contributed by atoms with Crippen LogP contribution in [0.4, 0.5) is 23.2 Å². The van der Waals surface area contributed by atoms with Crippen LogP contribution >= 0.6 is 0 Å². The molecular formula is C15H9F4N3O2. The van der Waals surface area contributed by atoms with E-state index in [9.17, 15) is 17.6 Å². The maximum atomic E-state index is 13.5. The Hall–Kier alpha value is -3.10. The number of aromatic nitrogens is 2. The van der Waals surface area contributed by atoms with E-state index in [1.807, 2.05) is 0 Å². The Kier molecular flexibility index (Phi) is 3.84. The Labute approximate surface area is 132 Å². The van der Waals surface area contributed by atoms with Gasteiger partial charge >= 0.3 is 6.36 Å². The molecule has 124 valence electrons. The molecule has 0 bridgehead atoms. The summed E-state index contributed by atoms with van der Waals surface area (Å²) >= 11 is 0. The molecule has 5 nitrogen and oxygen atoms in total. The zero-order valence-corrected chi connectivity index (χ0v) is 11.8. The molecule has 0 aliphatic rings. The maximum Gasteiger partial charge on any atom is 0.573 e. The fourth-order valence-corrected chi connectivity index (χ4v) is 1.92. The first-order valence-electron chi connectivity index (χ1n) is 6.57. The number of hydrogen-bond donors (Lipinski definition) is 1. The van der Waals surface area contributed by atoms with Crippen molar-refractivity contribution in [2.24, 2.45) is 0 Å². The summed E-state index contributed by atoms with van der Waals surface area (Å²) in [7, 11) is 0. The van der Waals surface area contributed by atoms with Crippen molar-refractivity contribution < 1.29 is 26.8 Å². The van der Waals surface area contributed by atoms with E-state index in [-0.39, 0.29) is 23.2 Å². The standard InChI is InChI=1S/C15H9F4N3O2/c16-11-7-9(3-6-12(11)20)13-21-14(24-22-13)8-1-4-10(5-2-8)23-15(17,18)19/h1-7H,20H2. The van der Waals surface area contributed by atoms with Crippen molar-refractivity contribution >= 4 is 5.69 Å². The summed E-state index contributed by atoms with van der Waals surface area (Å²) in [5.74, 6) is -0.792. The summed E-state index contributed by atoms with van der Waals surface area (Å²) < 4.78 is 58.6. The zero-order valence-electron chi connectivity index (χ0n) is 11.8. The van der Waals surface area contributed by atoms with E-state index < -0.39 is 12.2 Å². The van der Waals surface area contributed by atoms with Gasteiger partial charge in [-0.25, -0.2) is 4.39 Å². The van der Waals surface area contributed by atoms with Crippen molar-refractivity contribution in [1.29, 1.82) is 0 Å². The predicted molar refractivity (Wildman–Crippen MR) is 76.2 cm³/mol. The SMILES string of the molecule is Nc1ccc(-c2noc(-c3ccc(OC(F)(F)F)cc3)n2)cc1F. The molecule has 0 saturated carbocycles. The zero-order chi connectivity index (χ0) is 17.3. The van der Waals surface area contributed by atoms with Crippen molar-refractivity contribution in [1.82, 2.24) is 10.1 Å². The van der Waals surface area contributed by atoms with Crippen molar-refractivity contribution in [2.45, 2.75) is 6.36 Å². The number of nitrogens with zero attached hydrogens (tertiary/aromatic N) is 2. The monoisotopic (exact) mass is 339 g/mol. The molecule has 0 amide bonds. The summed E-state index contributed by atoms with van der Waals surface area (Å²) in [4.78, 5) is 4.08. The molecule has 0 aliphatic heterocycles. The lowest BCUT2D eigenvalue weighted by Crippen LogP contribution is -2.16. The van der Waals surface area contributed by atoms with Gasteiger partial charge in [-0.15, -0.1) is 13.2 Å². The van der Waals surface area contributed by atoms with Gasteiger partial charge in [-0.05, 0) is 42.5 Å². The van der Waals surface area contributed by atoms with E-state index in [2.05, 4.69) is 14.9 Å². The third kappa shape index (κ3) is 3.45. The largest absolute Gasteiger partial charge is 0.573 e. The average Bonchev–Trinajstić information content (AvgIpc) is 2.99. The molecule has 9 heteroatoms. The summed E-state index contributed by atoms with van der Waals surface area (Å²) in [6.45, 7) is 0. The first-order valence-corrected chi connectivity index (χ1v) is 6.57. The average molecular weight is 339 g/mol. The number of nitrogen functional groups attached to an aromatic ring is 1. The van der Waals surface area contributed by atoms with Crippen molar-refractivity contribution in [2.75, 3.05) is 5.73 Å². The van der Waals surface area contributed by atoms with Gasteiger partial charge in [0.05, 0.1) is 5.69 Å². The third-order valence-corrected chi connectivity index (χ3v) is 3.02. The van der Waals surface area contributed by atoms with Crippen LogP contribution < -0.4 is 10.5 Å². The number of nitrogens with two attached hydrogens (primary N) is 1. The highest BCUT2D eigenvalue weighted by molar-refractivity contribution is 5.62. The number of benzene rings is 2. The van der Waals surface area contributed by atoms with Crippen LogP contribution in [0.25, 0.3) is 22.8 Å². The van der Waals surface area contributed by atoms with E-state index in [1.165, 1.54) is 24.3 Å². The fraction of sp³-hybridized carbons (Fsp3) is 0.0667. The molecule has 3 rings (SSSR count). The number of rotatable bonds is 3. The van der Waals surface area contributed by atoms with Crippen LogP contribution in [0.2, 0.25) is 0 Å². The molecule has 0 unspecified atom stereocenters. The number of anilines is 1. The van der Waals surface area contributed by atoms with E-state index in [1.54, 1.807) is 0 Å². The number of alkyl halides is 3. The molecule has 3 aromatic rings. The van der Waals surface area contributed by atoms with Crippen LogP contribution in [0, 0.1) is 5.82 Å². The first kappa shape index (κ1) is 15.8.